The second-order valence-corrected chi connectivity index (χ2v) is 19.4. The minimum absolute atomic E-state index is 0.0136. The normalized spacial score (nSPS) is 15.6. The minimum atomic E-state index is -5.01. The molecule has 1 aromatic carbocycles. The fourth-order valence-electron chi connectivity index (χ4n) is 5.74. The monoisotopic (exact) mass is 705 g/mol. The van der Waals surface area contributed by atoms with Crippen LogP contribution < -0.4 is 10.3 Å². The van der Waals surface area contributed by atoms with Crippen LogP contribution in [0.1, 0.15) is 113 Å². The Balaban J connectivity index is 2.10. The second-order valence-electron chi connectivity index (χ2n) is 14.6. The van der Waals surface area contributed by atoms with Gasteiger partial charge >= 0.3 is 12.4 Å². The molecule has 0 saturated heterocycles. The highest BCUT2D eigenvalue weighted by molar-refractivity contribution is 6.74. The number of halogens is 6. The zero-order valence-electron chi connectivity index (χ0n) is 29.2. The highest BCUT2D eigenvalue weighted by Crippen LogP contribution is 2.47. The van der Waals surface area contributed by atoms with Gasteiger partial charge in [-0.15, -0.1) is 0 Å². The van der Waals surface area contributed by atoms with Crippen molar-refractivity contribution in [1.29, 1.82) is 0 Å². The number of aromatic nitrogens is 2. The third-order valence-corrected chi connectivity index (χ3v) is 14.2. The van der Waals surface area contributed by atoms with Crippen molar-refractivity contribution in [3.8, 4) is 5.75 Å². The lowest BCUT2D eigenvalue weighted by atomic mass is 9.74. The number of aromatic amines is 1. The van der Waals surface area contributed by atoms with Gasteiger partial charge in [-0.25, -0.2) is 4.98 Å². The van der Waals surface area contributed by atoms with Gasteiger partial charge in [0.15, 0.2) is 14.0 Å². The molecule has 1 amide bonds. The molecule has 1 heterocycles. The molecule has 0 radical (unpaired) electrons. The average Bonchev–Trinajstić information content (AvgIpc) is 3.43. The number of benzene rings is 1. The van der Waals surface area contributed by atoms with Gasteiger partial charge in [-0.2, -0.15) is 26.3 Å². The Labute approximate surface area is 279 Å². The maximum Gasteiger partial charge on any atom is 0.416 e. The lowest BCUT2D eigenvalue weighted by Crippen LogP contribution is -2.45. The molecular formula is C34H49F6N3O4Si. The molecule has 0 aliphatic heterocycles. The van der Waals surface area contributed by atoms with Crippen LogP contribution in [-0.4, -0.2) is 54.9 Å². The van der Waals surface area contributed by atoms with Gasteiger partial charge in [-0.3, -0.25) is 9.59 Å². The Hall–Kier alpha value is -2.87. The molecule has 2 aromatic rings. The van der Waals surface area contributed by atoms with Gasteiger partial charge in [0.2, 0.25) is 5.75 Å². The number of amides is 1. The van der Waals surface area contributed by atoms with Crippen LogP contribution in [0.4, 0.5) is 26.3 Å². The van der Waals surface area contributed by atoms with Gasteiger partial charge in [0.25, 0.3) is 11.5 Å². The van der Waals surface area contributed by atoms with Crippen molar-refractivity contribution < 1.29 is 40.3 Å². The van der Waals surface area contributed by atoms with E-state index in [-0.39, 0.29) is 79.0 Å². The molecular weight excluding hydrogens is 656 g/mol. The fourth-order valence-corrected chi connectivity index (χ4v) is 6.77. The van der Waals surface area contributed by atoms with Crippen molar-refractivity contribution in [2.75, 3.05) is 19.8 Å². The van der Waals surface area contributed by atoms with Crippen LogP contribution in [0.3, 0.4) is 0 Å². The molecule has 1 aliphatic rings. The van der Waals surface area contributed by atoms with E-state index in [9.17, 15) is 35.9 Å². The number of ether oxygens (including phenoxy) is 1. The van der Waals surface area contributed by atoms with Gasteiger partial charge < -0.3 is 19.0 Å². The van der Waals surface area contributed by atoms with E-state index in [1.807, 2.05) is 20.8 Å². The van der Waals surface area contributed by atoms with Crippen LogP contribution in [0.2, 0.25) is 18.1 Å². The van der Waals surface area contributed by atoms with E-state index in [2.05, 4.69) is 43.8 Å². The first-order valence-electron chi connectivity index (χ1n) is 16.5. The van der Waals surface area contributed by atoms with Crippen LogP contribution in [-0.2, 0) is 28.6 Å². The molecule has 0 unspecified atom stereocenters. The maximum absolute atomic E-state index is 14.1. The highest BCUT2D eigenvalue weighted by atomic mass is 28.4. The number of alkyl halides is 6. The topological polar surface area (TPSA) is 84.5 Å². The summed E-state index contributed by atoms with van der Waals surface area (Å²) >= 11 is 0. The molecule has 1 aromatic heterocycles. The Morgan fingerprint density at radius 3 is 2.04 bits per heavy atom. The molecule has 48 heavy (non-hydrogen) atoms. The van der Waals surface area contributed by atoms with E-state index >= 15 is 0 Å². The molecule has 3 rings (SSSR count). The van der Waals surface area contributed by atoms with Crippen molar-refractivity contribution >= 4 is 14.2 Å². The lowest BCUT2D eigenvalue weighted by molar-refractivity contribution is -0.143. The summed E-state index contributed by atoms with van der Waals surface area (Å²) in [6.07, 6.45) is -7.16. The fraction of sp³-hybridized carbons (Fsp3) is 0.676. The van der Waals surface area contributed by atoms with Crippen LogP contribution in [0.25, 0.3) is 0 Å². The molecule has 0 bridgehead atoms. The molecule has 1 fully saturated rings. The molecule has 0 atom stereocenters. The minimum Gasteiger partial charge on any atom is -0.486 e. The number of carbonyl (C=O) groups excluding carboxylic acids is 1. The summed E-state index contributed by atoms with van der Waals surface area (Å²) in [4.78, 5) is 36.3. The Morgan fingerprint density at radius 1 is 1.00 bits per heavy atom. The first kappa shape index (κ1) is 39.6. The number of unbranched alkanes of at least 4 members (excludes halogenated alkanes) is 1. The van der Waals surface area contributed by atoms with Gasteiger partial charge in [0.05, 0.1) is 24.3 Å². The van der Waals surface area contributed by atoms with E-state index in [1.165, 1.54) is 4.90 Å². The maximum atomic E-state index is 14.1. The molecule has 1 saturated carbocycles. The summed E-state index contributed by atoms with van der Waals surface area (Å²) in [7, 11) is -2.14. The number of hydrogen-bond donors (Lipinski definition) is 1. The predicted octanol–water partition coefficient (Wildman–Crippen LogP) is 8.91. The third kappa shape index (κ3) is 9.42. The van der Waals surface area contributed by atoms with E-state index in [0.29, 0.717) is 19.3 Å². The summed E-state index contributed by atoms with van der Waals surface area (Å²) in [5, 5.41) is -0.0557. The van der Waals surface area contributed by atoms with Crippen molar-refractivity contribution in [1.82, 2.24) is 14.9 Å². The standard InChI is InChI=1S/C34H49F6N3O4Si/c1-9-10-16-46-28-27(30(45)43(22(2)3)15-17-47-48(7,8)31(4,5)6)41-26(42-29(28)44)21-32(13-11-12-14-32)23-18-24(33(35,36)37)20-25(19-23)34(38,39)40/h18-20,22H,9-17,21H2,1-8H3,(H,41,42,44). The van der Waals surface area contributed by atoms with Crippen LogP contribution in [0.15, 0.2) is 23.0 Å². The largest absolute Gasteiger partial charge is 0.486 e. The SMILES string of the molecule is CCCCOc1c(C(=O)N(CCO[Si](C)(C)C(C)(C)C)C(C)C)nc(CC2(c3cc(C(F)(F)F)cc(C(F)(F)F)c3)CCCC2)[nH]c1=O. The van der Waals surface area contributed by atoms with Gasteiger partial charge in [0.1, 0.15) is 5.82 Å². The number of hydrogen-bond acceptors (Lipinski definition) is 5. The number of H-pyrrole nitrogens is 1. The number of nitrogens with zero attached hydrogens (tertiary/aromatic N) is 2. The number of rotatable bonds is 13. The molecule has 14 heteroatoms. The summed E-state index contributed by atoms with van der Waals surface area (Å²) in [5.41, 5.74) is -5.11. The summed E-state index contributed by atoms with van der Waals surface area (Å²) < 4.78 is 94.9. The van der Waals surface area contributed by atoms with Gasteiger partial charge in [-0.1, -0.05) is 47.0 Å². The molecule has 1 N–H and O–H groups in total. The molecule has 1 aliphatic carbocycles. The van der Waals surface area contributed by atoms with E-state index in [1.54, 1.807) is 0 Å². The zero-order valence-corrected chi connectivity index (χ0v) is 30.2. The van der Waals surface area contributed by atoms with Crippen LogP contribution in [0, 0.1) is 0 Å². The summed E-state index contributed by atoms with van der Waals surface area (Å²) in [6, 6.07) is 1.31. The Bertz CT molecular complexity index is 1440. The van der Waals surface area contributed by atoms with E-state index in [4.69, 9.17) is 9.16 Å². The molecule has 0 spiro atoms. The van der Waals surface area contributed by atoms with Gasteiger partial charge in [0, 0.05) is 24.4 Å². The van der Waals surface area contributed by atoms with Crippen LogP contribution >= 0.6 is 0 Å². The molecule has 7 nitrogen and oxygen atoms in total. The zero-order chi connectivity index (χ0) is 36.3. The average molecular weight is 706 g/mol. The predicted molar refractivity (Wildman–Crippen MR) is 175 cm³/mol. The highest BCUT2D eigenvalue weighted by Gasteiger charge is 2.43. The molecule has 270 valence electrons. The smallest absolute Gasteiger partial charge is 0.416 e. The van der Waals surface area contributed by atoms with Crippen molar-refractivity contribution in [3.63, 3.8) is 0 Å². The van der Waals surface area contributed by atoms with E-state index < -0.39 is 48.7 Å². The number of carbonyl (C=O) groups is 1. The third-order valence-electron chi connectivity index (χ3n) is 9.62. The van der Waals surface area contributed by atoms with Gasteiger partial charge in [-0.05, 0) is 75.0 Å². The van der Waals surface area contributed by atoms with Crippen molar-refractivity contribution in [2.45, 2.75) is 128 Å². The Morgan fingerprint density at radius 2 is 1.56 bits per heavy atom. The first-order valence-corrected chi connectivity index (χ1v) is 19.4. The summed E-state index contributed by atoms with van der Waals surface area (Å²) in [5.74, 6) is -0.867. The van der Waals surface area contributed by atoms with Crippen molar-refractivity contribution in [2.24, 2.45) is 0 Å². The summed E-state index contributed by atoms with van der Waals surface area (Å²) in [6.45, 7) is 16.7. The lowest BCUT2D eigenvalue weighted by Gasteiger charge is -2.37. The Kier molecular flexibility index (Phi) is 12.3. The number of nitrogens with one attached hydrogen (secondary N) is 1. The second kappa shape index (κ2) is 14.9. The quantitative estimate of drug-likeness (QED) is 0.128. The van der Waals surface area contributed by atoms with Crippen molar-refractivity contribution in [3.05, 3.63) is 56.8 Å². The van der Waals surface area contributed by atoms with E-state index in [0.717, 1.165) is 18.6 Å². The van der Waals surface area contributed by atoms with Crippen LogP contribution in [0.5, 0.6) is 5.75 Å². The first-order chi connectivity index (χ1) is 22.0.